The zero-order valence-corrected chi connectivity index (χ0v) is 17.6. The van der Waals surface area contributed by atoms with Gasteiger partial charge in [0.1, 0.15) is 9.75 Å². The predicted octanol–water partition coefficient (Wildman–Crippen LogP) is 3.52. The summed E-state index contributed by atoms with van der Waals surface area (Å²) < 4.78 is 54.9. The molecule has 158 valence electrons. The Balaban J connectivity index is 1.86. The Labute approximate surface area is 172 Å². The van der Waals surface area contributed by atoms with Crippen molar-refractivity contribution in [1.82, 2.24) is 4.72 Å². The molecule has 1 saturated heterocycles. The number of halogens is 2. The van der Waals surface area contributed by atoms with Crippen LogP contribution >= 0.6 is 11.3 Å². The Morgan fingerprint density at radius 2 is 1.93 bits per heavy atom. The SMILES string of the molecule is CC(c1ccccc1)[C@](C)(NS(=O)(=O)c1ccc(N2CCC(F)(F)C2)s1)C(=O)O. The van der Waals surface area contributed by atoms with Gasteiger partial charge in [-0.2, -0.15) is 4.72 Å². The standard InChI is InChI=1S/C19H22F2N2O4S2/c1-13(14-6-4-3-5-7-14)18(2,17(24)25)22-29(26,27)16-9-8-15(28-16)23-11-10-19(20,21)12-23/h3-9,13,22H,10-12H2,1-2H3,(H,24,25)/t13?,18-/m0/s1. The molecule has 1 unspecified atom stereocenters. The van der Waals surface area contributed by atoms with Crippen LogP contribution in [0.3, 0.4) is 0 Å². The van der Waals surface area contributed by atoms with E-state index in [0.717, 1.165) is 11.3 Å². The molecule has 1 aliphatic heterocycles. The van der Waals surface area contributed by atoms with E-state index in [-0.39, 0.29) is 17.2 Å². The summed E-state index contributed by atoms with van der Waals surface area (Å²) in [6.07, 6.45) is -0.281. The van der Waals surface area contributed by atoms with Crippen molar-refractivity contribution in [3.05, 3.63) is 48.0 Å². The number of benzene rings is 1. The van der Waals surface area contributed by atoms with Crippen LogP contribution in [0, 0.1) is 0 Å². The lowest BCUT2D eigenvalue weighted by Gasteiger charge is -2.32. The van der Waals surface area contributed by atoms with Crippen molar-refractivity contribution in [1.29, 1.82) is 0 Å². The molecule has 29 heavy (non-hydrogen) atoms. The summed E-state index contributed by atoms with van der Waals surface area (Å²) in [7, 11) is -4.18. The average Bonchev–Trinajstić information content (AvgIpc) is 3.28. The van der Waals surface area contributed by atoms with Gasteiger partial charge in [0.05, 0.1) is 11.5 Å². The number of sulfonamides is 1. The highest BCUT2D eigenvalue weighted by atomic mass is 32.2. The van der Waals surface area contributed by atoms with Gasteiger partial charge in [-0.3, -0.25) is 4.79 Å². The van der Waals surface area contributed by atoms with Crippen molar-refractivity contribution < 1.29 is 27.1 Å². The molecule has 2 heterocycles. The lowest BCUT2D eigenvalue weighted by atomic mass is 9.83. The fourth-order valence-electron chi connectivity index (χ4n) is 3.27. The van der Waals surface area contributed by atoms with E-state index in [0.29, 0.717) is 10.6 Å². The normalized spacial score (nSPS) is 19.7. The molecule has 10 heteroatoms. The first-order valence-electron chi connectivity index (χ1n) is 8.99. The van der Waals surface area contributed by atoms with Crippen molar-refractivity contribution in [3.63, 3.8) is 0 Å². The zero-order valence-electron chi connectivity index (χ0n) is 15.9. The van der Waals surface area contributed by atoms with Gasteiger partial charge in [0.15, 0.2) is 0 Å². The van der Waals surface area contributed by atoms with Crippen molar-refractivity contribution in [2.75, 3.05) is 18.0 Å². The van der Waals surface area contributed by atoms with E-state index >= 15 is 0 Å². The van der Waals surface area contributed by atoms with Gasteiger partial charge in [0.25, 0.3) is 15.9 Å². The molecule has 1 aliphatic rings. The van der Waals surface area contributed by atoms with Gasteiger partial charge >= 0.3 is 5.97 Å². The van der Waals surface area contributed by atoms with Crippen LogP contribution in [0.15, 0.2) is 46.7 Å². The van der Waals surface area contributed by atoms with E-state index in [1.54, 1.807) is 37.3 Å². The number of nitrogens with zero attached hydrogens (tertiary/aromatic N) is 1. The number of thiophene rings is 1. The summed E-state index contributed by atoms with van der Waals surface area (Å²) >= 11 is 0.847. The zero-order chi connectivity index (χ0) is 21.4. The van der Waals surface area contributed by atoms with Gasteiger partial charge in [0.2, 0.25) is 0 Å². The molecule has 1 aromatic carbocycles. The first-order chi connectivity index (χ1) is 13.4. The quantitative estimate of drug-likeness (QED) is 0.682. The van der Waals surface area contributed by atoms with E-state index in [1.807, 2.05) is 0 Å². The van der Waals surface area contributed by atoms with Gasteiger partial charge in [-0.05, 0) is 24.6 Å². The molecule has 1 aromatic heterocycles. The largest absolute Gasteiger partial charge is 0.480 e. The molecule has 0 aliphatic carbocycles. The molecule has 6 nitrogen and oxygen atoms in total. The average molecular weight is 445 g/mol. The van der Waals surface area contributed by atoms with E-state index in [4.69, 9.17) is 0 Å². The van der Waals surface area contributed by atoms with Crippen molar-refractivity contribution in [3.8, 4) is 0 Å². The molecule has 0 spiro atoms. The van der Waals surface area contributed by atoms with Gasteiger partial charge in [0, 0.05) is 18.9 Å². The van der Waals surface area contributed by atoms with Crippen LogP contribution in [0.4, 0.5) is 13.8 Å². The summed E-state index contributed by atoms with van der Waals surface area (Å²) in [5.41, 5.74) is -1.13. The maximum Gasteiger partial charge on any atom is 0.325 e. The highest BCUT2D eigenvalue weighted by Crippen LogP contribution is 2.37. The molecule has 0 amide bonds. The highest BCUT2D eigenvalue weighted by molar-refractivity contribution is 7.91. The Morgan fingerprint density at radius 3 is 2.48 bits per heavy atom. The maximum atomic E-state index is 13.4. The number of hydrogen-bond donors (Lipinski definition) is 2. The number of hydrogen-bond acceptors (Lipinski definition) is 5. The van der Waals surface area contributed by atoms with Crippen molar-refractivity contribution in [2.45, 2.75) is 41.9 Å². The van der Waals surface area contributed by atoms with Gasteiger partial charge in [-0.15, -0.1) is 11.3 Å². The summed E-state index contributed by atoms with van der Waals surface area (Å²) in [6, 6.07) is 11.5. The van der Waals surface area contributed by atoms with E-state index < -0.39 is 39.9 Å². The molecule has 0 bridgehead atoms. The number of aliphatic carboxylic acids is 1. The number of rotatable bonds is 7. The summed E-state index contributed by atoms with van der Waals surface area (Å²) in [4.78, 5) is 13.5. The number of nitrogens with one attached hydrogen (secondary N) is 1. The minimum absolute atomic E-state index is 0.115. The van der Waals surface area contributed by atoms with Crippen LogP contribution in [0.25, 0.3) is 0 Å². The molecule has 3 rings (SSSR count). The summed E-state index contributed by atoms with van der Waals surface area (Å²) in [5.74, 6) is -4.77. The van der Waals surface area contributed by atoms with Crippen LogP contribution in [0.2, 0.25) is 0 Å². The third-order valence-corrected chi connectivity index (χ3v) is 8.48. The van der Waals surface area contributed by atoms with Crippen LogP contribution in [0.5, 0.6) is 0 Å². The van der Waals surface area contributed by atoms with Crippen LogP contribution in [-0.4, -0.2) is 44.0 Å². The van der Waals surface area contributed by atoms with Gasteiger partial charge in [-0.25, -0.2) is 17.2 Å². The van der Waals surface area contributed by atoms with Gasteiger partial charge in [-0.1, -0.05) is 37.3 Å². The highest BCUT2D eigenvalue weighted by Gasteiger charge is 2.44. The molecule has 2 atom stereocenters. The lowest BCUT2D eigenvalue weighted by Crippen LogP contribution is -2.55. The molecule has 0 radical (unpaired) electrons. The monoisotopic (exact) mass is 444 g/mol. The second-order valence-electron chi connectivity index (χ2n) is 7.37. The Hall–Kier alpha value is -2.04. The Kier molecular flexibility index (Phi) is 5.72. The predicted molar refractivity (Wildman–Crippen MR) is 107 cm³/mol. The third kappa shape index (κ3) is 4.44. The third-order valence-electron chi connectivity index (χ3n) is 5.27. The lowest BCUT2D eigenvalue weighted by molar-refractivity contribution is -0.144. The van der Waals surface area contributed by atoms with Crippen molar-refractivity contribution in [2.24, 2.45) is 0 Å². The van der Waals surface area contributed by atoms with E-state index in [9.17, 15) is 27.1 Å². The topological polar surface area (TPSA) is 86.7 Å². The Morgan fingerprint density at radius 1 is 1.28 bits per heavy atom. The van der Waals surface area contributed by atoms with Crippen molar-refractivity contribution >= 4 is 32.3 Å². The number of alkyl halides is 2. The summed E-state index contributed by atoms with van der Waals surface area (Å²) in [6.45, 7) is 2.63. The van der Waals surface area contributed by atoms with E-state index in [1.165, 1.54) is 24.0 Å². The molecule has 2 N–H and O–H groups in total. The molecular formula is C19H22F2N2O4S2. The maximum absolute atomic E-state index is 13.4. The molecular weight excluding hydrogens is 422 g/mol. The van der Waals surface area contributed by atoms with E-state index in [2.05, 4.69) is 4.72 Å². The smallest absolute Gasteiger partial charge is 0.325 e. The second kappa shape index (κ2) is 7.66. The minimum atomic E-state index is -4.18. The minimum Gasteiger partial charge on any atom is -0.480 e. The first-order valence-corrected chi connectivity index (χ1v) is 11.3. The number of anilines is 1. The fourth-order valence-corrected chi connectivity index (χ4v) is 6.02. The number of carboxylic acids is 1. The van der Waals surface area contributed by atoms with Gasteiger partial charge < -0.3 is 10.0 Å². The first kappa shape index (κ1) is 21.7. The second-order valence-corrected chi connectivity index (χ2v) is 10.3. The van der Waals surface area contributed by atoms with Crippen LogP contribution in [0.1, 0.15) is 31.7 Å². The Bertz CT molecular complexity index is 995. The number of carbonyl (C=O) groups is 1. The molecule has 1 fully saturated rings. The molecule has 2 aromatic rings. The summed E-state index contributed by atoms with van der Waals surface area (Å²) in [5, 5.41) is 10.2. The fraction of sp³-hybridized carbons (Fsp3) is 0.421. The van der Waals surface area contributed by atoms with Crippen LogP contribution in [-0.2, 0) is 14.8 Å². The molecule has 0 saturated carbocycles. The van der Waals surface area contributed by atoms with Crippen LogP contribution < -0.4 is 9.62 Å². The number of carboxylic acid groups (broad SMARTS) is 1.